The minimum atomic E-state index is -4.62. The molecule has 0 radical (unpaired) electrons. The second-order valence-electron chi connectivity index (χ2n) is 10.8. The zero-order valence-corrected chi connectivity index (χ0v) is 23.6. The van der Waals surface area contributed by atoms with Crippen molar-refractivity contribution in [2.75, 3.05) is 20.3 Å². The molecule has 3 aromatic rings. The average molecular weight is 624 g/mol. The van der Waals surface area contributed by atoms with Crippen molar-refractivity contribution in [3.05, 3.63) is 65.5 Å². The first kappa shape index (κ1) is 31.1. The Morgan fingerprint density at radius 2 is 1.89 bits per heavy atom. The highest BCUT2D eigenvalue weighted by molar-refractivity contribution is 5.68. The number of aromatic nitrogens is 4. The molecule has 16 heteroatoms. The Morgan fingerprint density at radius 3 is 2.55 bits per heavy atom. The summed E-state index contributed by atoms with van der Waals surface area (Å²) in [7, 11) is 1.35. The van der Waals surface area contributed by atoms with E-state index < -0.39 is 48.7 Å². The van der Waals surface area contributed by atoms with Crippen molar-refractivity contribution >= 4 is 17.8 Å². The first-order chi connectivity index (χ1) is 21.0. The lowest BCUT2D eigenvalue weighted by Gasteiger charge is -2.33. The number of hydrogen-bond donors (Lipinski definition) is 2. The van der Waals surface area contributed by atoms with Crippen molar-refractivity contribution in [3.63, 3.8) is 0 Å². The number of ether oxygens (including phenoxy) is 2. The van der Waals surface area contributed by atoms with Gasteiger partial charge >= 0.3 is 12.3 Å². The van der Waals surface area contributed by atoms with E-state index in [0.717, 1.165) is 10.5 Å². The molecule has 1 saturated heterocycles. The number of carbonyl (C=O) groups excluding carboxylic acids is 2. The van der Waals surface area contributed by atoms with Crippen molar-refractivity contribution in [1.29, 1.82) is 0 Å². The van der Waals surface area contributed by atoms with Crippen LogP contribution in [0.5, 0.6) is 0 Å². The normalized spacial score (nSPS) is 20.2. The first-order valence-electron chi connectivity index (χ1n) is 13.9. The largest absolute Gasteiger partial charge is 0.445 e. The van der Waals surface area contributed by atoms with Gasteiger partial charge in [0.05, 0.1) is 42.5 Å². The van der Waals surface area contributed by atoms with Crippen LogP contribution in [0, 0.1) is 5.92 Å². The Hall–Kier alpha value is -4.30. The molecule has 2 fully saturated rings. The number of imidazole rings is 1. The Balaban J connectivity index is 1.41. The lowest BCUT2D eigenvalue weighted by molar-refractivity contribution is -0.150. The number of fused-ring (bicyclic) bond motifs is 1. The van der Waals surface area contributed by atoms with Crippen LogP contribution in [0.15, 0.2) is 48.5 Å². The molecule has 2 aromatic heterocycles. The number of rotatable bonds is 9. The number of amides is 1. The Kier molecular flexibility index (Phi) is 9.02. The van der Waals surface area contributed by atoms with E-state index in [1.807, 2.05) is 6.07 Å². The van der Waals surface area contributed by atoms with Crippen molar-refractivity contribution in [1.82, 2.24) is 35.1 Å². The highest BCUT2D eigenvalue weighted by Crippen LogP contribution is 2.41. The number of nitrogens with zero attached hydrogens (tertiary/aromatic N) is 5. The maximum absolute atomic E-state index is 14.0. The fraction of sp³-hybridized carbons (Fsp3) is 0.500. The van der Waals surface area contributed by atoms with Gasteiger partial charge in [-0.05, 0) is 24.3 Å². The lowest BCUT2D eigenvalue weighted by atomic mass is 9.81. The van der Waals surface area contributed by atoms with Gasteiger partial charge in [0.2, 0.25) is 5.92 Å². The zero-order chi connectivity index (χ0) is 31.5. The summed E-state index contributed by atoms with van der Waals surface area (Å²) in [6, 6.07) is 5.25. The molecule has 1 aliphatic carbocycles. The summed E-state index contributed by atoms with van der Waals surface area (Å²) in [5, 5.41) is 9.21. The molecule has 2 aliphatic rings. The van der Waals surface area contributed by atoms with E-state index in [9.17, 15) is 31.5 Å². The molecule has 3 heterocycles. The van der Waals surface area contributed by atoms with Crippen LogP contribution in [0.2, 0.25) is 0 Å². The summed E-state index contributed by atoms with van der Waals surface area (Å²) in [4.78, 5) is 34.5. The van der Waals surface area contributed by atoms with Gasteiger partial charge in [0.1, 0.15) is 12.6 Å². The predicted molar refractivity (Wildman–Crippen MR) is 144 cm³/mol. The number of methoxy groups -OCH3 is 1. The molecule has 3 atom stereocenters. The zero-order valence-electron chi connectivity index (χ0n) is 23.6. The molecule has 1 saturated carbocycles. The summed E-state index contributed by atoms with van der Waals surface area (Å²) in [6.45, 7) is -0.722. The number of alkyl carbamates (subject to hydrolysis) is 1. The van der Waals surface area contributed by atoms with Crippen LogP contribution in [-0.4, -0.2) is 74.9 Å². The average Bonchev–Trinajstić information content (AvgIpc) is 3.63. The molecule has 0 spiro atoms. The van der Waals surface area contributed by atoms with Crippen LogP contribution in [0.25, 0.3) is 5.78 Å². The summed E-state index contributed by atoms with van der Waals surface area (Å²) >= 11 is 0. The molecule has 1 amide bonds. The number of halogens is 5. The molecule has 236 valence electrons. The van der Waals surface area contributed by atoms with E-state index >= 15 is 0 Å². The van der Waals surface area contributed by atoms with E-state index in [1.54, 1.807) is 24.3 Å². The molecular formula is C28H30F5N7O4. The van der Waals surface area contributed by atoms with Gasteiger partial charge in [-0.3, -0.25) is 0 Å². The SMILES string of the molecule is COC[C@H](c1cnn2cc([C@@H](NC(=O)OCc3ccccc3)C3CCC(F)(F)CC3)nc2n1)N1C[C@@H](C(F)(F)F)NC1=C=O. The molecule has 5 rings (SSSR count). The van der Waals surface area contributed by atoms with Crippen LogP contribution in [0.1, 0.15) is 54.7 Å². The summed E-state index contributed by atoms with van der Waals surface area (Å²) in [5.41, 5.74) is 1.22. The monoisotopic (exact) mass is 623 g/mol. The van der Waals surface area contributed by atoms with E-state index in [0.29, 0.717) is 5.69 Å². The van der Waals surface area contributed by atoms with Crippen LogP contribution in [0.3, 0.4) is 0 Å². The molecule has 1 aliphatic heterocycles. The van der Waals surface area contributed by atoms with Crippen molar-refractivity contribution in [2.24, 2.45) is 5.92 Å². The molecule has 0 unspecified atom stereocenters. The second kappa shape index (κ2) is 12.7. The fourth-order valence-electron chi connectivity index (χ4n) is 5.47. The number of alkyl halides is 5. The lowest BCUT2D eigenvalue weighted by Crippen LogP contribution is -2.39. The predicted octanol–water partition coefficient (Wildman–Crippen LogP) is 4.11. The Labute approximate surface area is 248 Å². The topological polar surface area (TPSA) is 123 Å². The van der Waals surface area contributed by atoms with Crippen LogP contribution in [0.4, 0.5) is 26.7 Å². The van der Waals surface area contributed by atoms with Gasteiger partial charge in [-0.2, -0.15) is 18.3 Å². The smallest absolute Gasteiger partial charge is 0.410 e. The molecule has 0 bridgehead atoms. The summed E-state index contributed by atoms with van der Waals surface area (Å²) < 4.78 is 80.1. The van der Waals surface area contributed by atoms with Crippen LogP contribution < -0.4 is 10.6 Å². The van der Waals surface area contributed by atoms with Gasteiger partial charge < -0.3 is 25.0 Å². The van der Waals surface area contributed by atoms with Gasteiger partial charge in [-0.25, -0.2) is 32.9 Å². The minimum absolute atomic E-state index is 0.00156. The molecule has 44 heavy (non-hydrogen) atoms. The van der Waals surface area contributed by atoms with E-state index in [-0.39, 0.29) is 56.3 Å². The van der Waals surface area contributed by atoms with Crippen LogP contribution >= 0.6 is 0 Å². The van der Waals surface area contributed by atoms with Gasteiger partial charge in [-0.15, -0.1) is 0 Å². The standard InChI is InChI=1S/C28H30F5N7O4/c1-43-16-21(39-13-22(28(31,32)33)37-23(39)14-41)19-11-34-40-12-20(36-25(40)35-19)24(18-7-9-27(29,30)10-8-18)38-26(42)44-15-17-5-3-2-4-6-17/h2-6,11-12,18,21-22,24,37H,7-10,13,15-16H2,1H3,(H,38,42)/t21-,22+,24+/m1/s1. The first-order valence-corrected chi connectivity index (χ1v) is 13.9. The minimum Gasteiger partial charge on any atom is -0.445 e. The van der Waals surface area contributed by atoms with E-state index in [4.69, 9.17) is 9.47 Å². The maximum atomic E-state index is 14.0. The van der Waals surface area contributed by atoms with E-state index in [2.05, 4.69) is 25.7 Å². The third-order valence-corrected chi connectivity index (χ3v) is 7.78. The fourth-order valence-corrected chi connectivity index (χ4v) is 5.47. The summed E-state index contributed by atoms with van der Waals surface area (Å²) in [5.74, 6) is -2.03. The van der Waals surface area contributed by atoms with Crippen LogP contribution in [-0.2, 0) is 20.9 Å². The third-order valence-electron chi connectivity index (χ3n) is 7.78. The number of carbonyl (C=O) groups is 1. The molecule has 2 N–H and O–H groups in total. The van der Waals surface area contributed by atoms with Gasteiger partial charge in [0.25, 0.3) is 5.78 Å². The Morgan fingerprint density at radius 1 is 1.18 bits per heavy atom. The van der Waals surface area contributed by atoms with E-state index in [1.165, 1.54) is 30.0 Å². The third kappa shape index (κ3) is 7.08. The highest BCUT2D eigenvalue weighted by atomic mass is 19.4. The quantitative estimate of drug-likeness (QED) is 0.268. The number of nitrogens with one attached hydrogen (secondary N) is 2. The van der Waals surface area contributed by atoms with Crippen molar-refractivity contribution in [2.45, 2.75) is 62.5 Å². The second-order valence-corrected chi connectivity index (χ2v) is 10.8. The van der Waals surface area contributed by atoms with Gasteiger partial charge in [0, 0.05) is 26.5 Å². The summed E-state index contributed by atoms with van der Waals surface area (Å²) in [6.07, 6.45) is -3.03. The highest BCUT2D eigenvalue weighted by Gasteiger charge is 2.48. The molecule has 11 nitrogen and oxygen atoms in total. The number of benzene rings is 1. The van der Waals surface area contributed by atoms with Gasteiger partial charge in [0.15, 0.2) is 11.8 Å². The number of hydrogen-bond acceptors (Lipinski definition) is 9. The van der Waals surface area contributed by atoms with Crippen molar-refractivity contribution in [3.8, 4) is 0 Å². The maximum Gasteiger partial charge on any atom is 0.410 e. The van der Waals surface area contributed by atoms with Gasteiger partial charge in [-0.1, -0.05) is 30.3 Å². The molecular weight excluding hydrogens is 593 g/mol. The van der Waals surface area contributed by atoms with Crippen molar-refractivity contribution < 1.29 is 41.0 Å². The molecule has 1 aromatic carbocycles. The Bertz CT molecular complexity index is 1500.